The Bertz CT molecular complexity index is 584. The number of nitrogens with one attached hydrogen (secondary N) is 1. The van der Waals surface area contributed by atoms with Crippen molar-refractivity contribution in [3.63, 3.8) is 0 Å². The molecule has 5 heteroatoms. The van der Waals surface area contributed by atoms with E-state index in [9.17, 15) is 9.59 Å². The number of carbonyl (C=O) groups excluding carboxylic acids is 1. The molecule has 0 bridgehead atoms. The summed E-state index contributed by atoms with van der Waals surface area (Å²) in [5, 5.41) is 2.74. The Morgan fingerprint density at radius 3 is 2.44 bits per heavy atom. The number of anilines is 1. The van der Waals surface area contributed by atoms with Gasteiger partial charge in [-0.05, 0) is 19.1 Å². The number of para-hydroxylation sites is 1. The summed E-state index contributed by atoms with van der Waals surface area (Å²) in [6.45, 7) is 2.52. The quantitative estimate of drug-likeness (QED) is 0.883. The summed E-state index contributed by atoms with van der Waals surface area (Å²) in [5.74, 6) is -0.211. The van der Waals surface area contributed by atoms with Gasteiger partial charge in [0, 0.05) is 24.6 Å². The molecular weight excluding hydrogens is 230 g/mol. The summed E-state index contributed by atoms with van der Waals surface area (Å²) in [6.07, 6.45) is 3.30. The number of nitrogens with zero attached hydrogens (tertiary/aromatic N) is 2. The SMILES string of the molecule is CCn1ccn(CC(=O)Nc2ccccc2)c1=O. The fraction of sp³-hybridized carbons (Fsp3) is 0.231. The number of imidazole rings is 1. The maximum atomic E-state index is 11.8. The Hall–Kier alpha value is -2.30. The second-order valence-electron chi connectivity index (χ2n) is 3.91. The first-order chi connectivity index (χ1) is 8.70. The molecule has 0 fully saturated rings. The zero-order valence-electron chi connectivity index (χ0n) is 10.2. The molecule has 5 nitrogen and oxygen atoms in total. The van der Waals surface area contributed by atoms with Crippen molar-refractivity contribution < 1.29 is 4.79 Å². The fourth-order valence-corrected chi connectivity index (χ4v) is 1.69. The summed E-state index contributed by atoms with van der Waals surface area (Å²) < 4.78 is 2.94. The third kappa shape index (κ3) is 2.68. The number of amides is 1. The third-order valence-electron chi connectivity index (χ3n) is 2.63. The molecule has 0 aliphatic carbocycles. The van der Waals surface area contributed by atoms with Crippen molar-refractivity contribution in [2.45, 2.75) is 20.0 Å². The second kappa shape index (κ2) is 5.35. The van der Waals surface area contributed by atoms with Crippen molar-refractivity contribution in [3.05, 3.63) is 53.2 Å². The summed E-state index contributed by atoms with van der Waals surface area (Å²) in [6, 6.07) is 9.17. The molecule has 0 atom stereocenters. The van der Waals surface area contributed by atoms with Crippen molar-refractivity contribution in [1.29, 1.82) is 0 Å². The lowest BCUT2D eigenvalue weighted by Gasteiger charge is -2.04. The summed E-state index contributed by atoms with van der Waals surface area (Å²) >= 11 is 0. The average Bonchev–Trinajstić information content (AvgIpc) is 2.71. The monoisotopic (exact) mass is 245 g/mol. The van der Waals surface area contributed by atoms with Gasteiger partial charge >= 0.3 is 5.69 Å². The van der Waals surface area contributed by atoms with Crippen LogP contribution in [0, 0.1) is 0 Å². The van der Waals surface area contributed by atoms with E-state index >= 15 is 0 Å². The molecule has 94 valence electrons. The predicted octanol–water partition coefficient (Wildman–Crippen LogP) is 1.31. The Morgan fingerprint density at radius 1 is 1.17 bits per heavy atom. The summed E-state index contributed by atoms with van der Waals surface area (Å²) in [4.78, 5) is 23.5. The van der Waals surface area contributed by atoms with Crippen LogP contribution in [0.1, 0.15) is 6.92 Å². The minimum Gasteiger partial charge on any atom is -0.325 e. The third-order valence-corrected chi connectivity index (χ3v) is 2.63. The maximum Gasteiger partial charge on any atom is 0.328 e. The summed E-state index contributed by atoms with van der Waals surface area (Å²) in [7, 11) is 0. The van der Waals surface area contributed by atoms with Crippen molar-refractivity contribution in [2.75, 3.05) is 5.32 Å². The van der Waals surface area contributed by atoms with E-state index in [-0.39, 0.29) is 18.1 Å². The minimum absolute atomic E-state index is 0.0285. The number of carbonyl (C=O) groups is 1. The molecule has 1 amide bonds. The largest absolute Gasteiger partial charge is 0.328 e. The number of rotatable bonds is 4. The Morgan fingerprint density at radius 2 is 1.83 bits per heavy atom. The van der Waals surface area contributed by atoms with Crippen LogP contribution in [0.3, 0.4) is 0 Å². The van der Waals surface area contributed by atoms with Gasteiger partial charge in [-0.15, -0.1) is 0 Å². The number of benzene rings is 1. The molecule has 0 aliphatic rings. The Kier molecular flexibility index (Phi) is 3.62. The van der Waals surface area contributed by atoms with Gasteiger partial charge < -0.3 is 5.32 Å². The first-order valence-corrected chi connectivity index (χ1v) is 5.81. The Labute approximate surface area is 105 Å². The lowest BCUT2D eigenvalue weighted by Crippen LogP contribution is -2.28. The molecule has 1 aromatic carbocycles. The highest BCUT2D eigenvalue weighted by molar-refractivity contribution is 5.90. The predicted molar refractivity (Wildman–Crippen MR) is 69.4 cm³/mol. The van der Waals surface area contributed by atoms with Crippen molar-refractivity contribution in [1.82, 2.24) is 9.13 Å². The first-order valence-electron chi connectivity index (χ1n) is 5.81. The zero-order valence-corrected chi connectivity index (χ0v) is 10.2. The van der Waals surface area contributed by atoms with Gasteiger partial charge in [-0.1, -0.05) is 18.2 Å². The fourth-order valence-electron chi connectivity index (χ4n) is 1.69. The van der Waals surface area contributed by atoms with E-state index in [1.165, 1.54) is 4.57 Å². The van der Waals surface area contributed by atoms with Crippen LogP contribution in [-0.2, 0) is 17.9 Å². The topological polar surface area (TPSA) is 56.0 Å². The molecule has 1 heterocycles. The molecule has 0 spiro atoms. The van der Waals surface area contributed by atoms with Crippen LogP contribution in [-0.4, -0.2) is 15.0 Å². The highest BCUT2D eigenvalue weighted by Gasteiger charge is 2.07. The van der Waals surface area contributed by atoms with Crippen molar-refractivity contribution >= 4 is 11.6 Å². The molecule has 2 rings (SSSR count). The van der Waals surface area contributed by atoms with E-state index in [1.807, 2.05) is 25.1 Å². The molecule has 2 aromatic rings. The number of hydrogen-bond donors (Lipinski definition) is 1. The molecule has 1 N–H and O–H groups in total. The second-order valence-corrected chi connectivity index (χ2v) is 3.91. The molecular formula is C13H15N3O2. The molecule has 0 unspecified atom stereocenters. The molecule has 0 saturated heterocycles. The van der Waals surface area contributed by atoms with Gasteiger partial charge in [0.1, 0.15) is 6.54 Å². The van der Waals surface area contributed by atoms with Gasteiger partial charge in [0.15, 0.2) is 0 Å². The van der Waals surface area contributed by atoms with Crippen LogP contribution in [0.4, 0.5) is 5.69 Å². The highest BCUT2D eigenvalue weighted by Crippen LogP contribution is 2.04. The van der Waals surface area contributed by atoms with Gasteiger partial charge in [0.2, 0.25) is 5.91 Å². The van der Waals surface area contributed by atoms with Crippen LogP contribution < -0.4 is 11.0 Å². The zero-order chi connectivity index (χ0) is 13.0. The van der Waals surface area contributed by atoms with Crippen molar-refractivity contribution in [3.8, 4) is 0 Å². The Balaban J connectivity index is 2.03. The summed E-state index contributed by atoms with van der Waals surface area (Å²) in [5.41, 5.74) is 0.561. The molecule has 0 aliphatic heterocycles. The van der Waals surface area contributed by atoms with Gasteiger partial charge in [0.05, 0.1) is 0 Å². The lowest BCUT2D eigenvalue weighted by atomic mass is 10.3. The highest BCUT2D eigenvalue weighted by atomic mass is 16.2. The number of aryl methyl sites for hydroxylation is 1. The van der Waals surface area contributed by atoms with E-state index < -0.39 is 0 Å². The van der Waals surface area contributed by atoms with E-state index in [1.54, 1.807) is 29.1 Å². The van der Waals surface area contributed by atoms with Crippen LogP contribution in [0.2, 0.25) is 0 Å². The first kappa shape index (κ1) is 12.2. The maximum absolute atomic E-state index is 11.8. The normalized spacial score (nSPS) is 10.3. The van der Waals surface area contributed by atoms with Crippen LogP contribution >= 0.6 is 0 Å². The van der Waals surface area contributed by atoms with Gasteiger partial charge in [-0.2, -0.15) is 0 Å². The number of hydrogen-bond acceptors (Lipinski definition) is 2. The molecule has 0 saturated carbocycles. The van der Waals surface area contributed by atoms with E-state index in [0.717, 1.165) is 5.69 Å². The molecule has 0 radical (unpaired) electrons. The standard InChI is InChI=1S/C13H15N3O2/c1-2-15-8-9-16(13(15)18)10-12(17)14-11-6-4-3-5-7-11/h3-9H,2,10H2,1H3,(H,14,17). The van der Waals surface area contributed by atoms with Crippen molar-refractivity contribution in [2.24, 2.45) is 0 Å². The molecule has 18 heavy (non-hydrogen) atoms. The van der Waals surface area contributed by atoms with Crippen LogP contribution in [0.25, 0.3) is 0 Å². The van der Waals surface area contributed by atoms with Crippen LogP contribution in [0.5, 0.6) is 0 Å². The van der Waals surface area contributed by atoms with Crippen LogP contribution in [0.15, 0.2) is 47.5 Å². The van der Waals surface area contributed by atoms with Gasteiger partial charge in [-0.3, -0.25) is 13.9 Å². The minimum atomic E-state index is -0.211. The van der Waals surface area contributed by atoms with E-state index in [0.29, 0.717) is 6.54 Å². The smallest absolute Gasteiger partial charge is 0.325 e. The van der Waals surface area contributed by atoms with E-state index in [2.05, 4.69) is 5.32 Å². The lowest BCUT2D eigenvalue weighted by molar-refractivity contribution is -0.116. The van der Waals surface area contributed by atoms with Gasteiger partial charge in [0.25, 0.3) is 0 Å². The average molecular weight is 245 g/mol. The number of aromatic nitrogens is 2. The van der Waals surface area contributed by atoms with E-state index in [4.69, 9.17) is 0 Å². The molecule has 1 aromatic heterocycles. The van der Waals surface area contributed by atoms with Gasteiger partial charge in [-0.25, -0.2) is 4.79 Å².